The number of rotatable bonds is 18. The van der Waals surface area contributed by atoms with Crippen LogP contribution in [0.1, 0.15) is 79.1 Å². The van der Waals surface area contributed by atoms with Gasteiger partial charge in [0.2, 0.25) is 0 Å². The zero-order chi connectivity index (χ0) is 22.7. The molecule has 1 amide bonds. The predicted octanol–water partition coefficient (Wildman–Crippen LogP) is 6.83. The van der Waals surface area contributed by atoms with E-state index in [9.17, 15) is 4.79 Å². The van der Waals surface area contributed by atoms with Crippen molar-refractivity contribution in [2.24, 2.45) is 0 Å². The quantitative estimate of drug-likeness (QED) is 0.256. The summed E-state index contributed by atoms with van der Waals surface area (Å²) in [6, 6.07) is 9.56. The minimum absolute atomic E-state index is 0. The molecule has 0 aliphatic carbocycles. The van der Waals surface area contributed by atoms with E-state index in [1.807, 2.05) is 30.3 Å². The van der Waals surface area contributed by atoms with Crippen molar-refractivity contribution in [3.05, 3.63) is 30.3 Å². The lowest BCUT2D eigenvalue weighted by Gasteiger charge is -2.31. The Labute approximate surface area is 203 Å². The number of para-hydroxylation sites is 1. The summed E-state index contributed by atoms with van der Waals surface area (Å²) in [5, 5.41) is 2.89. The van der Waals surface area contributed by atoms with Gasteiger partial charge in [-0.15, -0.1) is 12.4 Å². The topological polar surface area (TPSA) is 44.8 Å². The van der Waals surface area contributed by atoms with Gasteiger partial charge in [-0.05, 0) is 64.0 Å². The van der Waals surface area contributed by atoms with Gasteiger partial charge in [0, 0.05) is 18.8 Å². The Morgan fingerprint density at radius 1 is 0.781 bits per heavy atom. The van der Waals surface area contributed by atoms with Crippen LogP contribution in [0.25, 0.3) is 0 Å². The van der Waals surface area contributed by atoms with Gasteiger partial charge in [0.15, 0.2) is 0 Å². The molecule has 1 aromatic carbocycles. The molecule has 1 rings (SSSR count). The van der Waals surface area contributed by atoms with Crippen LogP contribution in [-0.2, 0) is 4.74 Å². The summed E-state index contributed by atoms with van der Waals surface area (Å²) < 4.78 is 6.00. The van der Waals surface area contributed by atoms with Crippen molar-refractivity contribution in [1.82, 2.24) is 9.80 Å². The number of carbonyl (C=O) groups is 1. The number of amides is 1. The Hall–Kier alpha value is -1.30. The fraction of sp³-hybridized carbons (Fsp3) is 0.731. The second-order valence-electron chi connectivity index (χ2n) is 8.53. The van der Waals surface area contributed by atoms with Crippen LogP contribution in [-0.4, -0.2) is 61.3 Å². The lowest BCUT2D eigenvalue weighted by atomic mass is 10.2. The first-order chi connectivity index (χ1) is 15.1. The molecule has 1 aromatic rings. The molecule has 0 fully saturated rings. The summed E-state index contributed by atoms with van der Waals surface area (Å²) in [7, 11) is 0. The molecular weight excluding hydrogens is 422 g/mol. The first kappa shape index (κ1) is 30.7. The normalized spacial score (nSPS) is 11.1. The van der Waals surface area contributed by atoms with Crippen LogP contribution in [0.2, 0.25) is 0 Å². The van der Waals surface area contributed by atoms with Crippen LogP contribution in [0.3, 0.4) is 0 Å². The number of carbonyl (C=O) groups excluding carboxylic acids is 1. The third-order valence-corrected chi connectivity index (χ3v) is 5.53. The zero-order valence-corrected chi connectivity index (χ0v) is 21.8. The van der Waals surface area contributed by atoms with E-state index < -0.39 is 0 Å². The minimum Gasteiger partial charge on any atom is -0.443 e. The number of hydrogen-bond donors (Lipinski definition) is 1. The van der Waals surface area contributed by atoms with E-state index in [0.717, 1.165) is 45.0 Å². The van der Waals surface area contributed by atoms with Crippen molar-refractivity contribution in [3.8, 4) is 0 Å². The third kappa shape index (κ3) is 14.7. The van der Waals surface area contributed by atoms with Gasteiger partial charge >= 0.3 is 6.09 Å². The van der Waals surface area contributed by atoms with Gasteiger partial charge in [0.05, 0.1) is 0 Å². The number of unbranched alkanes of at least 4 members (excludes halogenated alkanes) is 4. The number of nitrogens with one attached hydrogen (secondary N) is 1. The summed E-state index contributed by atoms with van der Waals surface area (Å²) >= 11 is 0. The molecule has 0 aliphatic rings. The molecule has 0 spiro atoms. The summed E-state index contributed by atoms with van der Waals surface area (Å²) in [6.07, 6.45) is 8.97. The second kappa shape index (κ2) is 20.3. The molecule has 186 valence electrons. The zero-order valence-electron chi connectivity index (χ0n) is 21.0. The van der Waals surface area contributed by atoms with Gasteiger partial charge in [-0.1, -0.05) is 71.6 Å². The van der Waals surface area contributed by atoms with Crippen LogP contribution in [0.4, 0.5) is 10.5 Å². The molecule has 0 atom stereocenters. The third-order valence-electron chi connectivity index (χ3n) is 5.53. The molecule has 0 aliphatic heterocycles. The molecular formula is C26H48ClN3O2. The van der Waals surface area contributed by atoms with Gasteiger partial charge in [-0.25, -0.2) is 4.79 Å². The average molecular weight is 470 g/mol. The van der Waals surface area contributed by atoms with Crippen molar-refractivity contribution in [2.75, 3.05) is 44.6 Å². The highest BCUT2D eigenvalue weighted by atomic mass is 35.5. The van der Waals surface area contributed by atoms with Gasteiger partial charge in [-0.3, -0.25) is 15.1 Å². The molecule has 0 radical (unpaired) electrons. The number of benzene rings is 1. The average Bonchev–Trinajstić information content (AvgIpc) is 2.77. The van der Waals surface area contributed by atoms with E-state index in [1.54, 1.807) is 0 Å². The lowest BCUT2D eigenvalue weighted by Crippen LogP contribution is -2.44. The van der Waals surface area contributed by atoms with Crippen molar-refractivity contribution >= 4 is 24.2 Å². The SMILES string of the molecule is CCCCN(CCCC)CC(CN(CCCC)CCCC)OC(=O)Nc1ccccc1.Cl. The predicted molar refractivity (Wildman–Crippen MR) is 140 cm³/mol. The molecule has 0 unspecified atom stereocenters. The fourth-order valence-corrected chi connectivity index (χ4v) is 3.64. The van der Waals surface area contributed by atoms with E-state index in [-0.39, 0.29) is 24.6 Å². The van der Waals surface area contributed by atoms with Crippen molar-refractivity contribution in [3.63, 3.8) is 0 Å². The smallest absolute Gasteiger partial charge is 0.411 e. The molecule has 32 heavy (non-hydrogen) atoms. The van der Waals surface area contributed by atoms with E-state index in [0.29, 0.717) is 0 Å². The molecule has 0 heterocycles. The highest BCUT2D eigenvalue weighted by molar-refractivity contribution is 5.85. The Balaban J connectivity index is 0.00000961. The fourth-order valence-electron chi connectivity index (χ4n) is 3.64. The first-order valence-corrected chi connectivity index (χ1v) is 12.6. The Morgan fingerprint density at radius 3 is 1.56 bits per heavy atom. The van der Waals surface area contributed by atoms with E-state index in [4.69, 9.17) is 4.74 Å². The molecule has 1 N–H and O–H groups in total. The number of hydrogen-bond acceptors (Lipinski definition) is 4. The monoisotopic (exact) mass is 469 g/mol. The van der Waals surface area contributed by atoms with Gasteiger partial charge in [-0.2, -0.15) is 0 Å². The van der Waals surface area contributed by atoms with Crippen molar-refractivity contribution < 1.29 is 9.53 Å². The van der Waals surface area contributed by atoms with Gasteiger partial charge < -0.3 is 4.74 Å². The van der Waals surface area contributed by atoms with Crippen molar-refractivity contribution in [1.29, 1.82) is 0 Å². The van der Waals surface area contributed by atoms with Crippen LogP contribution < -0.4 is 5.32 Å². The summed E-state index contributed by atoms with van der Waals surface area (Å²) in [5.74, 6) is 0. The second-order valence-corrected chi connectivity index (χ2v) is 8.53. The number of nitrogens with zero attached hydrogens (tertiary/aromatic N) is 2. The molecule has 0 bridgehead atoms. The molecule has 0 saturated heterocycles. The van der Waals surface area contributed by atoms with Gasteiger partial charge in [0.1, 0.15) is 6.10 Å². The first-order valence-electron chi connectivity index (χ1n) is 12.6. The summed E-state index contributed by atoms with van der Waals surface area (Å²) in [4.78, 5) is 17.7. The van der Waals surface area contributed by atoms with E-state index >= 15 is 0 Å². The molecule has 0 aromatic heterocycles. The van der Waals surface area contributed by atoms with Crippen LogP contribution >= 0.6 is 12.4 Å². The molecule has 5 nitrogen and oxygen atoms in total. The minimum atomic E-state index is -0.354. The van der Waals surface area contributed by atoms with Crippen LogP contribution in [0.5, 0.6) is 0 Å². The molecule has 0 saturated carbocycles. The van der Waals surface area contributed by atoms with E-state index in [2.05, 4.69) is 42.8 Å². The molecule has 6 heteroatoms. The highest BCUT2D eigenvalue weighted by Crippen LogP contribution is 2.11. The Morgan fingerprint density at radius 2 is 1.19 bits per heavy atom. The lowest BCUT2D eigenvalue weighted by molar-refractivity contribution is 0.0512. The Kier molecular flexibility index (Phi) is 19.5. The van der Waals surface area contributed by atoms with Gasteiger partial charge in [0.25, 0.3) is 0 Å². The van der Waals surface area contributed by atoms with Crippen LogP contribution in [0, 0.1) is 0 Å². The summed E-state index contributed by atoms with van der Waals surface area (Å²) in [5.41, 5.74) is 0.772. The number of anilines is 1. The Bertz CT molecular complexity index is 521. The standard InChI is InChI=1S/C26H47N3O2.ClH/c1-5-9-18-28(19-10-6-2)22-25(23-29(20-11-7-3)21-12-8-4)31-26(30)27-24-16-14-13-15-17-24;/h13-17,25H,5-12,18-23H2,1-4H3,(H,27,30);1H. The maximum Gasteiger partial charge on any atom is 0.411 e. The van der Waals surface area contributed by atoms with Crippen LogP contribution in [0.15, 0.2) is 30.3 Å². The number of ether oxygens (including phenoxy) is 1. The number of halogens is 1. The van der Waals surface area contributed by atoms with Crippen molar-refractivity contribution in [2.45, 2.75) is 85.2 Å². The summed E-state index contributed by atoms with van der Waals surface area (Å²) in [6.45, 7) is 14.8. The largest absolute Gasteiger partial charge is 0.443 e. The van der Waals surface area contributed by atoms with E-state index in [1.165, 1.54) is 51.4 Å². The highest BCUT2D eigenvalue weighted by Gasteiger charge is 2.21. The maximum absolute atomic E-state index is 12.7. The maximum atomic E-state index is 12.7.